The standard InChI is InChI=1S/C10H15NO2.C7H6O/c1-9-5-2-3-6-10(9)12-7-4-8-13-11;1-2-6-4-7(3-1)8-5-6/h2-3,5-6H,4,7-8,11H2,1H3;1-4H,5H2. The molecule has 0 saturated carbocycles. The van der Waals surface area contributed by atoms with Gasteiger partial charge in [-0.25, -0.2) is 5.90 Å². The molecule has 2 aromatic rings. The van der Waals surface area contributed by atoms with Crippen molar-refractivity contribution in [3.05, 3.63) is 59.7 Å². The molecule has 2 bridgehead atoms. The summed E-state index contributed by atoms with van der Waals surface area (Å²) in [5, 5.41) is 0. The topological polar surface area (TPSA) is 53.7 Å². The lowest BCUT2D eigenvalue weighted by Crippen LogP contribution is -2.06. The third kappa shape index (κ3) is 5.10. The summed E-state index contributed by atoms with van der Waals surface area (Å²) in [6, 6.07) is 16.0. The molecule has 4 heteroatoms. The van der Waals surface area contributed by atoms with Crippen LogP contribution in [-0.4, -0.2) is 13.2 Å². The monoisotopic (exact) mass is 287 g/mol. The van der Waals surface area contributed by atoms with Crippen LogP contribution < -0.4 is 15.4 Å². The summed E-state index contributed by atoms with van der Waals surface area (Å²) < 4.78 is 10.7. The van der Waals surface area contributed by atoms with Crippen molar-refractivity contribution in [3.63, 3.8) is 0 Å². The van der Waals surface area contributed by atoms with Crippen LogP contribution in [0, 0.1) is 6.92 Å². The fourth-order valence-electron chi connectivity index (χ4n) is 1.93. The van der Waals surface area contributed by atoms with Crippen molar-refractivity contribution >= 4 is 0 Å². The van der Waals surface area contributed by atoms with Crippen molar-refractivity contribution in [1.82, 2.24) is 0 Å². The zero-order chi connectivity index (χ0) is 14.9. The number of rotatable bonds is 5. The van der Waals surface area contributed by atoms with Crippen LogP contribution in [0.15, 0.2) is 48.5 Å². The van der Waals surface area contributed by atoms with E-state index in [1.807, 2.05) is 43.3 Å². The Morgan fingerprint density at radius 2 is 1.95 bits per heavy atom. The van der Waals surface area contributed by atoms with Gasteiger partial charge in [0.25, 0.3) is 0 Å². The number of aryl methyl sites for hydroxylation is 1. The van der Waals surface area contributed by atoms with Crippen LogP contribution in [0.2, 0.25) is 0 Å². The highest BCUT2D eigenvalue weighted by molar-refractivity contribution is 5.32. The van der Waals surface area contributed by atoms with Crippen molar-refractivity contribution in [2.24, 2.45) is 5.90 Å². The van der Waals surface area contributed by atoms with Crippen LogP contribution in [0.25, 0.3) is 0 Å². The molecule has 0 atom stereocenters. The van der Waals surface area contributed by atoms with Crippen LogP contribution in [0.5, 0.6) is 11.5 Å². The van der Waals surface area contributed by atoms with Gasteiger partial charge in [-0.1, -0.05) is 30.3 Å². The summed E-state index contributed by atoms with van der Waals surface area (Å²) in [7, 11) is 0. The SMILES string of the molecule is Cc1ccccc1OCCCON.c1cc2cc(c1)OC2. The first-order chi connectivity index (χ1) is 10.3. The minimum Gasteiger partial charge on any atom is -0.493 e. The Hall–Kier alpha value is -2.04. The van der Waals surface area contributed by atoms with Gasteiger partial charge in [0.2, 0.25) is 0 Å². The molecule has 21 heavy (non-hydrogen) atoms. The van der Waals surface area contributed by atoms with Gasteiger partial charge in [-0.2, -0.15) is 0 Å². The second-order valence-electron chi connectivity index (χ2n) is 4.77. The van der Waals surface area contributed by atoms with Gasteiger partial charge in [0, 0.05) is 6.42 Å². The number of hydrogen-bond donors (Lipinski definition) is 1. The minimum absolute atomic E-state index is 0.534. The van der Waals surface area contributed by atoms with E-state index in [0.29, 0.717) is 13.2 Å². The first-order valence-corrected chi connectivity index (χ1v) is 7.01. The van der Waals surface area contributed by atoms with E-state index in [4.69, 9.17) is 15.4 Å². The highest BCUT2D eigenvalue weighted by Crippen LogP contribution is 2.20. The lowest BCUT2D eigenvalue weighted by molar-refractivity contribution is 0.122. The number of para-hydroxylation sites is 1. The maximum atomic E-state index is 5.50. The van der Waals surface area contributed by atoms with Gasteiger partial charge in [0.15, 0.2) is 0 Å². The van der Waals surface area contributed by atoms with E-state index in [0.717, 1.165) is 30.1 Å². The Labute approximate surface area is 125 Å². The number of benzene rings is 2. The predicted octanol–water partition coefficient (Wildman–Crippen LogP) is 3.23. The second-order valence-corrected chi connectivity index (χ2v) is 4.77. The molecule has 4 nitrogen and oxygen atoms in total. The van der Waals surface area contributed by atoms with Crippen LogP contribution in [0.3, 0.4) is 0 Å². The second kappa shape index (κ2) is 8.29. The van der Waals surface area contributed by atoms with Gasteiger partial charge < -0.3 is 14.3 Å². The molecule has 0 unspecified atom stereocenters. The van der Waals surface area contributed by atoms with E-state index in [2.05, 4.69) is 17.0 Å². The Bertz CT molecular complexity index is 538. The highest BCUT2D eigenvalue weighted by Gasteiger charge is 2.03. The molecule has 1 aliphatic rings. The summed E-state index contributed by atoms with van der Waals surface area (Å²) in [6.07, 6.45) is 0.810. The largest absolute Gasteiger partial charge is 0.493 e. The average molecular weight is 287 g/mol. The molecule has 0 radical (unpaired) electrons. The van der Waals surface area contributed by atoms with Crippen molar-refractivity contribution in [1.29, 1.82) is 0 Å². The molecule has 3 rings (SSSR count). The molecule has 0 aromatic heterocycles. The van der Waals surface area contributed by atoms with Crippen molar-refractivity contribution in [2.75, 3.05) is 13.2 Å². The van der Waals surface area contributed by atoms with Crippen LogP contribution in [0.4, 0.5) is 0 Å². The number of hydrogen-bond acceptors (Lipinski definition) is 4. The van der Waals surface area contributed by atoms with Gasteiger partial charge in [-0.15, -0.1) is 0 Å². The van der Waals surface area contributed by atoms with E-state index in [1.54, 1.807) is 0 Å². The highest BCUT2D eigenvalue weighted by atomic mass is 16.6. The summed E-state index contributed by atoms with van der Waals surface area (Å²) in [6.45, 7) is 3.96. The molecule has 1 aliphatic heterocycles. The van der Waals surface area contributed by atoms with Gasteiger partial charge in [-0.3, -0.25) is 0 Å². The van der Waals surface area contributed by atoms with Gasteiger partial charge in [0.1, 0.15) is 18.1 Å². The molecule has 2 N–H and O–H groups in total. The molecule has 0 saturated heterocycles. The first kappa shape index (κ1) is 15.4. The van der Waals surface area contributed by atoms with Crippen molar-refractivity contribution < 1.29 is 14.3 Å². The summed E-state index contributed by atoms with van der Waals surface area (Å²) in [4.78, 5) is 4.43. The summed E-state index contributed by atoms with van der Waals surface area (Å²) in [5.74, 6) is 6.81. The predicted molar refractivity (Wildman–Crippen MR) is 82.2 cm³/mol. The van der Waals surface area contributed by atoms with Gasteiger partial charge >= 0.3 is 0 Å². The number of ether oxygens (including phenoxy) is 2. The Morgan fingerprint density at radius 3 is 2.67 bits per heavy atom. The lowest BCUT2D eigenvalue weighted by atomic mass is 10.2. The average Bonchev–Trinajstić information content (AvgIpc) is 2.84. The first-order valence-electron chi connectivity index (χ1n) is 7.01. The molecule has 0 spiro atoms. The van der Waals surface area contributed by atoms with E-state index < -0.39 is 0 Å². The van der Waals surface area contributed by atoms with Crippen LogP contribution in [0.1, 0.15) is 17.5 Å². The maximum Gasteiger partial charge on any atom is 0.122 e. The quantitative estimate of drug-likeness (QED) is 0.677. The fraction of sp³-hybridized carbons (Fsp3) is 0.294. The third-order valence-electron chi connectivity index (χ3n) is 3.06. The van der Waals surface area contributed by atoms with E-state index in [9.17, 15) is 0 Å². The zero-order valence-corrected chi connectivity index (χ0v) is 12.2. The minimum atomic E-state index is 0.534. The van der Waals surface area contributed by atoms with E-state index >= 15 is 0 Å². The smallest absolute Gasteiger partial charge is 0.122 e. The fourth-order valence-corrected chi connectivity index (χ4v) is 1.93. The van der Waals surface area contributed by atoms with Crippen LogP contribution >= 0.6 is 0 Å². The molecule has 2 aromatic carbocycles. The van der Waals surface area contributed by atoms with Crippen molar-refractivity contribution in [3.8, 4) is 11.5 Å². The molecular weight excluding hydrogens is 266 g/mol. The maximum absolute atomic E-state index is 5.50. The number of nitrogens with two attached hydrogens (primary N) is 1. The van der Waals surface area contributed by atoms with Crippen molar-refractivity contribution in [2.45, 2.75) is 20.0 Å². The summed E-state index contributed by atoms with van der Waals surface area (Å²) >= 11 is 0. The zero-order valence-electron chi connectivity index (χ0n) is 12.2. The Kier molecular flexibility index (Phi) is 6.06. The molecule has 0 aliphatic carbocycles. The normalized spacial score (nSPS) is 11.3. The molecular formula is C17H21NO3. The van der Waals surface area contributed by atoms with Crippen LogP contribution in [-0.2, 0) is 11.4 Å². The van der Waals surface area contributed by atoms with Gasteiger partial charge in [-0.05, 0) is 36.2 Å². The Balaban J connectivity index is 0.000000170. The molecule has 1 heterocycles. The Morgan fingerprint density at radius 1 is 1.10 bits per heavy atom. The van der Waals surface area contributed by atoms with E-state index in [1.165, 1.54) is 5.56 Å². The molecule has 0 fully saturated rings. The third-order valence-corrected chi connectivity index (χ3v) is 3.06. The number of fused-ring (bicyclic) bond motifs is 2. The summed E-state index contributed by atoms with van der Waals surface area (Å²) in [5.41, 5.74) is 2.43. The lowest BCUT2D eigenvalue weighted by Gasteiger charge is -2.07. The van der Waals surface area contributed by atoms with E-state index in [-0.39, 0.29) is 0 Å². The van der Waals surface area contributed by atoms with Gasteiger partial charge in [0.05, 0.1) is 13.2 Å². The molecule has 112 valence electrons. The molecule has 0 amide bonds.